The highest BCUT2D eigenvalue weighted by molar-refractivity contribution is 7.89. The van der Waals surface area contributed by atoms with Crippen molar-refractivity contribution in [1.29, 1.82) is 0 Å². The Morgan fingerprint density at radius 3 is 2.64 bits per heavy atom. The van der Waals surface area contributed by atoms with Crippen molar-refractivity contribution in [2.24, 2.45) is 0 Å². The molecule has 1 atom stereocenters. The summed E-state index contributed by atoms with van der Waals surface area (Å²) < 4.78 is 40.3. The van der Waals surface area contributed by atoms with Crippen molar-refractivity contribution in [3.8, 4) is 0 Å². The Morgan fingerprint density at radius 1 is 1.36 bits per heavy atom. The summed E-state index contributed by atoms with van der Waals surface area (Å²) in [6.45, 7) is 0.213. The predicted octanol–water partition coefficient (Wildman–Crippen LogP) is 3.12. The van der Waals surface area contributed by atoms with E-state index in [1.54, 1.807) is 11.3 Å². The third kappa shape index (κ3) is 4.05. The average molecular weight is 363 g/mol. The Balaban J connectivity index is 2.16. The Morgan fingerprint density at radius 2 is 2.09 bits per heavy atom. The molecule has 0 aliphatic heterocycles. The zero-order valence-corrected chi connectivity index (χ0v) is 14.5. The van der Waals surface area contributed by atoms with Crippen molar-refractivity contribution >= 4 is 33.0 Å². The number of nitrogens with zero attached hydrogens (tertiary/aromatic N) is 1. The summed E-state index contributed by atoms with van der Waals surface area (Å²) in [5.41, 5.74) is 0. The molecule has 0 radical (unpaired) electrons. The molecule has 1 heterocycles. The van der Waals surface area contributed by atoms with Gasteiger partial charge in [-0.1, -0.05) is 17.7 Å². The van der Waals surface area contributed by atoms with E-state index in [1.165, 1.54) is 6.07 Å². The number of rotatable bonds is 6. The highest BCUT2D eigenvalue weighted by Crippen LogP contribution is 2.24. The van der Waals surface area contributed by atoms with Crippen LogP contribution in [0, 0.1) is 5.82 Å². The van der Waals surface area contributed by atoms with Crippen LogP contribution in [0.1, 0.15) is 10.9 Å². The number of hydrogen-bond acceptors (Lipinski definition) is 4. The number of likely N-dealkylation sites (N-methyl/N-ethyl adjacent to an activating group) is 1. The lowest BCUT2D eigenvalue weighted by atomic mass is 10.2. The second kappa shape index (κ2) is 7.06. The summed E-state index contributed by atoms with van der Waals surface area (Å²) in [5, 5.41) is 1.73. The monoisotopic (exact) mass is 362 g/mol. The molecule has 1 aromatic heterocycles. The first-order chi connectivity index (χ1) is 10.3. The summed E-state index contributed by atoms with van der Waals surface area (Å²) >= 11 is 7.20. The van der Waals surface area contributed by atoms with Crippen LogP contribution >= 0.6 is 22.9 Å². The van der Waals surface area contributed by atoms with Crippen molar-refractivity contribution in [3.63, 3.8) is 0 Å². The third-order valence-electron chi connectivity index (χ3n) is 3.16. The van der Waals surface area contributed by atoms with E-state index in [-0.39, 0.29) is 22.5 Å². The summed E-state index contributed by atoms with van der Waals surface area (Å²) in [4.78, 5) is 2.94. The quantitative estimate of drug-likeness (QED) is 0.858. The van der Waals surface area contributed by atoms with Gasteiger partial charge in [-0.2, -0.15) is 0 Å². The highest BCUT2D eigenvalue weighted by atomic mass is 35.5. The molecule has 0 saturated heterocycles. The molecule has 0 amide bonds. The maximum atomic E-state index is 13.1. The van der Waals surface area contributed by atoms with E-state index in [1.807, 2.05) is 36.5 Å². The van der Waals surface area contributed by atoms with Gasteiger partial charge < -0.3 is 4.90 Å². The molecule has 0 bridgehead atoms. The molecule has 120 valence electrons. The molecule has 1 aromatic carbocycles. The molecule has 0 aliphatic carbocycles. The average Bonchev–Trinajstić information content (AvgIpc) is 2.95. The molecule has 4 nitrogen and oxygen atoms in total. The number of nitrogens with one attached hydrogen (secondary N) is 1. The third-order valence-corrected chi connectivity index (χ3v) is 5.85. The van der Waals surface area contributed by atoms with Crippen molar-refractivity contribution in [3.05, 3.63) is 51.4 Å². The number of thiophene rings is 1. The second-order valence-electron chi connectivity index (χ2n) is 4.92. The van der Waals surface area contributed by atoms with Crippen LogP contribution in [0.15, 0.2) is 40.6 Å². The van der Waals surface area contributed by atoms with Crippen molar-refractivity contribution in [2.75, 3.05) is 20.6 Å². The molecule has 1 unspecified atom stereocenters. The van der Waals surface area contributed by atoms with Gasteiger partial charge in [-0.25, -0.2) is 17.5 Å². The largest absolute Gasteiger partial charge is 0.300 e. The van der Waals surface area contributed by atoms with Gasteiger partial charge in [0.05, 0.1) is 16.0 Å². The smallest absolute Gasteiger partial charge is 0.240 e. The molecule has 2 rings (SSSR count). The molecule has 0 fully saturated rings. The molecule has 22 heavy (non-hydrogen) atoms. The molecule has 2 aromatic rings. The van der Waals surface area contributed by atoms with Crippen molar-refractivity contribution in [2.45, 2.75) is 10.9 Å². The Kier molecular flexibility index (Phi) is 5.57. The first-order valence-electron chi connectivity index (χ1n) is 6.46. The van der Waals surface area contributed by atoms with Crippen LogP contribution in [0.2, 0.25) is 5.02 Å². The standard InChI is InChI=1S/C14H16ClFN2O2S2/c1-18(2)13(14-4-3-7-21-14)9-17-22(19,20)10-5-6-12(16)11(15)8-10/h3-8,13,17H,9H2,1-2H3. The first-order valence-corrected chi connectivity index (χ1v) is 9.20. The minimum Gasteiger partial charge on any atom is -0.300 e. The summed E-state index contributed by atoms with van der Waals surface area (Å²) in [7, 11) is 0.0224. The van der Waals surface area contributed by atoms with Crippen LogP contribution in [0.4, 0.5) is 4.39 Å². The second-order valence-corrected chi connectivity index (χ2v) is 8.08. The van der Waals surface area contributed by atoms with Gasteiger partial charge in [-0.05, 0) is 43.7 Å². The van der Waals surface area contributed by atoms with Gasteiger partial charge in [-0.3, -0.25) is 0 Å². The minimum absolute atomic E-state index is 0.0532. The zero-order chi connectivity index (χ0) is 16.3. The van der Waals surface area contributed by atoms with Gasteiger partial charge >= 0.3 is 0 Å². The summed E-state index contributed by atoms with van der Waals surface area (Å²) in [6.07, 6.45) is 0. The normalized spacial score (nSPS) is 13.5. The van der Waals surface area contributed by atoms with Crippen LogP contribution in [-0.4, -0.2) is 34.0 Å². The van der Waals surface area contributed by atoms with Crippen LogP contribution in [0.5, 0.6) is 0 Å². The van der Waals surface area contributed by atoms with Crippen molar-refractivity contribution in [1.82, 2.24) is 9.62 Å². The number of sulfonamides is 1. The minimum atomic E-state index is -3.74. The van der Waals surface area contributed by atoms with Gasteiger partial charge in [-0.15, -0.1) is 11.3 Å². The Bertz CT molecular complexity index is 733. The first kappa shape index (κ1) is 17.4. The van der Waals surface area contributed by atoms with Gasteiger partial charge in [0, 0.05) is 11.4 Å². The van der Waals surface area contributed by atoms with Gasteiger partial charge in [0.25, 0.3) is 0 Å². The SMILES string of the molecule is CN(C)C(CNS(=O)(=O)c1ccc(F)c(Cl)c1)c1cccs1. The lowest BCUT2D eigenvalue weighted by Gasteiger charge is -2.23. The van der Waals surface area contributed by atoms with Crippen LogP contribution < -0.4 is 4.72 Å². The van der Waals surface area contributed by atoms with Crippen LogP contribution in [0.3, 0.4) is 0 Å². The van der Waals surface area contributed by atoms with E-state index in [0.717, 1.165) is 17.0 Å². The molecule has 0 spiro atoms. The van der Waals surface area contributed by atoms with E-state index in [4.69, 9.17) is 11.6 Å². The van der Waals surface area contributed by atoms with Crippen molar-refractivity contribution < 1.29 is 12.8 Å². The van der Waals surface area contributed by atoms with E-state index in [0.29, 0.717) is 0 Å². The topological polar surface area (TPSA) is 49.4 Å². The maximum absolute atomic E-state index is 13.1. The maximum Gasteiger partial charge on any atom is 0.240 e. The van der Waals surface area contributed by atoms with Gasteiger partial charge in [0.2, 0.25) is 10.0 Å². The highest BCUT2D eigenvalue weighted by Gasteiger charge is 2.21. The molecular formula is C14H16ClFN2O2S2. The molecule has 8 heteroatoms. The Hall–Kier alpha value is -0.990. The van der Waals surface area contributed by atoms with Crippen LogP contribution in [-0.2, 0) is 10.0 Å². The lowest BCUT2D eigenvalue weighted by Crippen LogP contribution is -2.34. The van der Waals surface area contributed by atoms with E-state index in [9.17, 15) is 12.8 Å². The molecular weight excluding hydrogens is 347 g/mol. The Labute approximate surface area is 138 Å². The summed E-state index contributed by atoms with van der Waals surface area (Å²) in [5.74, 6) is -0.648. The van der Waals surface area contributed by atoms with Crippen LogP contribution in [0.25, 0.3) is 0 Å². The zero-order valence-electron chi connectivity index (χ0n) is 12.1. The fourth-order valence-corrected chi connectivity index (χ4v) is 4.17. The molecule has 0 saturated carbocycles. The fourth-order valence-electron chi connectivity index (χ4n) is 1.93. The van der Waals surface area contributed by atoms with E-state index >= 15 is 0 Å². The number of hydrogen-bond donors (Lipinski definition) is 1. The predicted molar refractivity (Wildman–Crippen MR) is 87.3 cm³/mol. The fraction of sp³-hybridized carbons (Fsp3) is 0.286. The van der Waals surface area contributed by atoms with Gasteiger partial charge in [0.15, 0.2) is 0 Å². The molecule has 1 N–H and O–H groups in total. The van der Waals surface area contributed by atoms with E-state index < -0.39 is 15.8 Å². The van der Waals surface area contributed by atoms with E-state index in [2.05, 4.69) is 4.72 Å². The number of benzene rings is 1. The number of halogens is 2. The summed E-state index contributed by atoms with van der Waals surface area (Å²) in [6, 6.07) is 7.14. The molecule has 0 aliphatic rings. The van der Waals surface area contributed by atoms with Gasteiger partial charge in [0.1, 0.15) is 5.82 Å². The lowest BCUT2D eigenvalue weighted by molar-refractivity contribution is 0.303.